The first-order chi connectivity index (χ1) is 13.2. The zero-order valence-electron chi connectivity index (χ0n) is 16.2. The Morgan fingerprint density at radius 2 is 1.19 bits per heavy atom. The number of benzene rings is 2. The predicted molar refractivity (Wildman–Crippen MR) is 121 cm³/mol. The van der Waals surface area contributed by atoms with Crippen LogP contribution >= 0.6 is 23.5 Å². The molecular formula is C23H26N2S2. The zero-order valence-corrected chi connectivity index (χ0v) is 17.8. The van der Waals surface area contributed by atoms with Gasteiger partial charge in [0.1, 0.15) is 0 Å². The molecule has 2 aromatic carbocycles. The Kier molecular flexibility index (Phi) is 5.55. The van der Waals surface area contributed by atoms with Gasteiger partial charge in [0.15, 0.2) is 0 Å². The average Bonchev–Trinajstić information content (AvgIpc) is 3.23. The minimum Gasteiger partial charge on any atom is -0.336 e. The summed E-state index contributed by atoms with van der Waals surface area (Å²) in [5.74, 6) is 0.432. The third-order valence-corrected chi connectivity index (χ3v) is 7.35. The SMILES string of the molecule is CCC(/C=C1\Sc2ccccc2N1CC)/C=C1/Sc2ccccc2N1CC. The Balaban J connectivity index is 1.62. The molecule has 4 heteroatoms. The minimum absolute atomic E-state index is 0.432. The fourth-order valence-electron chi connectivity index (χ4n) is 3.66. The van der Waals surface area contributed by atoms with E-state index in [0.29, 0.717) is 5.92 Å². The highest BCUT2D eigenvalue weighted by atomic mass is 32.2. The lowest BCUT2D eigenvalue weighted by Gasteiger charge is -2.21. The van der Waals surface area contributed by atoms with Crippen LogP contribution in [0.25, 0.3) is 0 Å². The molecule has 1 atom stereocenters. The van der Waals surface area contributed by atoms with E-state index >= 15 is 0 Å². The summed E-state index contributed by atoms with van der Waals surface area (Å²) in [5.41, 5.74) is 2.69. The number of hydrogen-bond donors (Lipinski definition) is 0. The summed E-state index contributed by atoms with van der Waals surface area (Å²) in [6.07, 6.45) is 6.02. The summed E-state index contributed by atoms with van der Waals surface area (Å²) < 4.78 is 0. The van der Waals surface area contributed by atoms with Gasteiger partial charge in [0, 0.05) is 28.8 Å². The van der Waals surface area contributed by atoms with E-state index in [-0.39, 0.29) is 0 Å². The lowest BCUT2D eigenvalue weighted by molar-refractivity contribution is 0.761. The van der Waals surface area contributed by atoms with Crippen molar-refractivity contribution in [2.75, 3.05) is 22.9 Å². The van der Waals surface area contributed by atoms with Gasteiger partial charge in [0.25, 0.3) is 0 Å². The third kappa shape index (κ3) is 3.53. The maximum Gasteiger partial charge on any atom is 0.0766 e. The Labute approximate surface area is 171 Å². The molecule has 0 radical (unpaired) electrons. The van der Waals surface area contributed by atoms with Crippen LogP contribution in [-0.4, -0.2) is 13.1 Å². The Hall–Kier alpha value is -1.78. The number of fused-ring (bicyclic) bond motifs is 2. The molecule has 1 unspecified atom stereocenters. The first-order valence-electron chi connectivity index (χ1n) is 9.77. The molecule has 0 fully saturated rings. The van der Waals surface area contributed by atoms with Crippen LogP contribution in [0.4, 0.5) is 11.4 Å². The highest BCUT2D eigenvalue weighted by molar-refractivity contribution is 8.04. The van der Waals surface area contributed by atoms with Gasteiger partial charge in [-0.1, -0.05) is 54.7 Å². The number of nitrogens with zero attached hydrogens (tertiary/aromatic N) is 2. The average molecular weight is 395 g/mol. The normalized spacial score (nSPS) is 19.7. The van der Waals surface area contributed by atoms with Crippen LogP contribution in [-0.2, 0) is 0 Å². The van der Waals surface area contributed by atoms with Gasteiger partial charge in [0.2, 0.25) is 0 Å². The molecule has 0 saturated heterocycles. The molecule has 0 amide bonds. The van der Waals surface area contributed by atoms with Crippen LogP contribution in [0.3, 0.4) is 0 Å². The van der Waals surface area contributed by atoms with Gasteiger partial charge < -0.3 is 9.80 Å². The van der Waals surface area contributed by atoms with Crippen molar-refractivity contribution in [1.29, 1.82) is 0 Å². The molecule has 2 aromatic rings. The van der Waals surface area contributed by atoms with Crippen LogP contribution in [0.15, 0.2) is 80.5 Å². The molecule has 0 saturated carbocycles. The molecule has 2 aliphatic rings. The molecule has 2 heterocycles. The molecule has 0 bridgehead atoms. The molecule has 0 spiro atoms. The maximum absolute atomic E-state index is 2.46. The third-order valence-electron chi connectivity index (χ3n) is 5.09. The van der Waals surface area contributed by atoms with Gasteiger partial charge in [-0.25, -0.2) is 0 Å². The van der Waals surface area contributed by atoms with E-state index < -0.39 is 0 Å². The van der Waals surface area contributed by atoms with Crippen LogP contribution in [0, 0.1) is 5.92 Å². The molecule has 0 N–H and O–H groups in total. The van der Waals surface area contributed by atoms with E-state index in [4.69, 9.17) is 0 Å². The number of thioether (sulfide) groups is 2. The topological polar surface area (TPSA) is 6.48 Å². The Bertz CT molecular complexity index is 816. The van der Waals surface area contributed by atoms with E-state index in [2.05, 4.69) is 91.3 Å². The van der Waals surface area contributed by atoms with Crippen molar-refractivity contribution in [3.05, 3.63) is 70.7 Å². The summed E-state index contributed by atoms with van der Waals surface area (Å²) >= 11 is 3.80. The van der Waals surface area contributed by atoms with Crippen molar-refractivity contribution in [1.82, 2.24) is 0 Å². The van der Waals surface area contributed by atoms with E-state index in [1.807, 2.05) is 23.5 Å². The lowest BCUT2D eigenvalue weighted by Crippen LogP contribution is -2.18. The van der Waals surface area contributed by atoms with Crippen molar-refractivity contribution in [3.63, 3.8) is 0 Å². The van der Waals surface area contributed by atoms with Gasteiger partial charge in [-0.15, -0.1) is 0 Å². The highest BCUT2D eigenvalue weighted by Gasteiger charge is 2.26. The Morgan fingerprint density at radius 3 is 1.59 bits per heavy atom. The number of para-hydroxylation sites is 2. The van der Waals surface area contributed by atoms with Crippen LogP contribution in [0.5, 0.6) is 0 Å². The molecule has 27 heavy (non-hydrogen) atoms. The van der Waals surface area contributed by atoms with E-state index in [1.54, 1.807) is 0 Å². The molecule has 140 valence electrons. The minimum atomic E-state index is 0.432. The van der Waals surface area contributed by atoms with Crippen molar-refractivity contribution in [3.8, 4) is 0 Å². The summed E-state index contributed by atoms with van der Waals surface area (Å²) in [7, 11) is 0. The molecule has 0 aromatic heterocycles. The summed E-state index contributed by atoms with van der Waals surface area (Å²) in [6, 6.07) is 17.4. The van der Waals surface area contributed by atoms with Gasteiger partial charge in [0.05, 0.1) is 21.4 Å². The molecule has 2 aliphatic heterocycles. The van der Waals surface area contributed by atoms with Gasteiger partial charge in [-0.05, 0) is 56.7 Å². The second kappa shape index (κ2) is 8.07. The fraction of sp³-hybridized carbons (Fsp3) is 0.304. The molecule has 4 rings (SSSR count). The van der Waals surface area contributed by atoms with Crippen molar-refractivity contribution in [2.24, 2.45) is 5.92 Å². The first kappa shape index (κ1) is 18.6. The van der Waals surface area contributed by atoms with Gasteiger partial charge >= 0.3 is 0 Å². The van der Waals surface area contributed by atoms with E-state index in [0.717, 1.165) is 19.5 Å². The smallest absolute Gasteiger partial charge is 0.0766 e. The van der Waals surface area contributed by atoms with Crippen molar-refractivity contribution >= 4 is 34.9 Å². The molecule has 2 nitrogen and oxygen atoms in total. The van der Waals surface area contributed by atoms with Crippen LogP contribution < -0.4 is 9.80 Å². The second-order valence-electron chi connectivity index (χ2n) is 6.71. The quantitative estimate of drug-likeness (QED) is 0.540. The van der Waals surface area contributed by atoms with Crippen molar-refractivity contribution < 1.29 is 0 Å². The highest BCUT2D eigenvalue weighted by Crippen LogP contribution is 2.48. The number of rotatable bonds is 5. The van der Waals surface area contributed by atoms with E-state index in [9.17, 15) is 0 Å². The van der Waals surface area contributed by atoms with Gasteiger partial charge in [-0.3, -0.25) is 0 Å². The standard InChI is InChI=1S/C23H26N2S2/c1-4-17(15-22-24(5-2)18-11-7-9-13-20(18)26-22)16-23-25(6-3)19-12-8-10-14-21(19)27-23/h7-17H,4-6H2,1-3H3/b22-15-,23-16+. The largest absolute Gasteiger partial charge is 0.336 e. The Morgan fingerprint density at radius 1 is 0.741 bits per heavy atom. The second-order valence-corrected chi connectivity index (χ2v) is 8.83. The van der Waals surface area contributed by atoms with E-state index in [1.165, 1.54) is 31.2 Å². The zero-order chi connectivity index (χ0) is 18.8. The summed E-state index contributed by atoms with van der Waals surface area (Å²) in [6.45, 7) is 8.76. The first-order valence-corrected chi connectivity index (χ1v) is 11.4. The monoisotopic (exact) mass is 394 g/mol. The number of anilines is 2. The maximum atomic E-state index is 2.46. The lowest BCUT2D eigenvalue weighted by atomic mass is 10.1. The van der Waals surface area contributed by atoms with Gasteiger partial charge in [-0.2, -0.15) is 0 Å². The molecule has 0 aliphatic carbocycles. The fourth-order valence-corrected chi connectivity index (χ4v) is 6.13. The van der Waals surface area contributed by atoms with Crippen LogP contribution in [0.1, 0.15) is 27.2 Å². The number of hydrogen-bond acceptors (Lipinski definition) is 4. The predicted octanol–water partition coefficient (Wildman–Crippen LogP) is 6.96. The molecular weight excluding hydrogens is 368 g/mol. The number of allylic oxidation sites excluding steroid dienone is 2. The van der Waals surface area contributed by atoms with Crippen LogP contribution in [0.2, 0.25) is 0 Å². The summed E-state index contributed by atoms with van der Waals surface area (Å²) in [5, 5.41) is 2.73. The van der Waals surface area contributed by atoms with Crippen molar-refractivity contribution in [2.45, 2.75) is 37.0 Å². The summed E-state index contributed by atoms with van der Waals surface area (Å²) in [4.78, 5) is 7.61.